The lowest BCUT2D eigenvalue weighted by atomic mass is 10.1. The average Bonchev–Trinajstić information content (AvgIpc) is 2.57. The lowest BCUT2D eigenvalue weighted by Crippen LogP contribution is -2.62. The molecule has 0 aromatic heterocycles. The number of hydrogen-bond acceptors (Lipinski definition) is 1. The van der Waals surface area contributed by atoms with Crippen molar-refractivity contribution in [3.05, 3.63) is 59.2 Å². The SMILES string of the molecule is CC[Si](CC)(CC)[Si](Nc1ccccc1)c1c(C)cc(C)cc1C. The highest BCUT2D eigenvalue weighted by Crippen LogP contribution is 2.26. The number of rotatable bonds is 7. The molecule has 0 bridgehead atoms. The number of aryl methyl sites for hydroxylation is 3. The highest BCUT2D eigenvalue weighted by atomic mass is 29.2. The fraction of sp³-hybridized carbons (Fsp3) is 0.429. The third kappa shape index (κ3) is 3.84. The van der Waals surface area contributed by atoms with Gasteiger partial charge in [0, 0.05) is 5.69 Å². The van der Waals surface area contributed by atoms with Crippen LogP contribution in [0.25, 0.3) is 0 Å². The molecule has 0 heterocycles. The number of para-hydroxylation sites is 1. The van der Waals surface area contributed by atoms with Gasteiger partial charge in [0.05, 0.1) is 7.59 Å². The molecule has 0 aliphatic carbocycles. The Hall–Kier alpha value is -1.33. The minimum atomic E-state index is -1.36. The summed E-state index contributed by atoms with van der Waals surface area (Å²) < 4.78 is 0. The van der Waals surface area contributed by atoms with Crippen molar-refractivity contribution < 1.29 is 0 Å². The van der Waals surface area contributed by atoms with E-state index in [1.807, 2.05) is 0 Å². The summed E-state index contributed by atoms with van der Waals surface area (Å²) in [7, 11) is -2.17. The van der Waals surface area contributed by atoms with Crippen LogP contribution in [0.15, 0.2) is 42.5 Å². The highest BCUT2D eigenvalue weighted by molar-refractivity contribution is 7.39. The maximum absolute atomic E-state index is 4.05. The van der Waals surface area contributed by atoms with Gasteiger partial charge in [-0.3, -0.25) is 0 Å². The van der Waals surface area contributed by atoms with Gasteiger partial charge >= 0.3 is 0 Å². The molecule has 129 valence electrons. The van der Waals surface area contributed by atoms with Gasteiger partial charge in [-0.2, -0.15) is 0 Å². The molecule has 1 nitrogen and oxygen atoms in total. The second kappa shape index (κ2) is 8.17. The minimum Gasteiger partial charge on any atom is -0.409 e. The van der Waals surface area contributed by atoms with E-state index in [1.54, 1.807) is 5.19 Å². The predicted molar refractivity (Wildman–Crippen MR) is 113 cm³/mol. The van der Waals surface area contributed by atoms with Crippen LogP contribution in [0.1, 0.15) is 37.5 Å². The second-order valence-corrected chi connectivity index (χ2v) is 17.8. The molecule has 0 aliphatic heterocycles. The van der Waals surface area contributed by atoms with Crippen LogP contribution in [0.2, 0.25) is 18.1 Å². The van der Waals surface area contributed by atoms with Crippen LogP contribution in [0.4, 0.5) is 5.69 Å². The van der Waals surface area contributed by atoms with Crippen molar-refractivity contribution in [1.29, 1.82) is 0 Å². The van der Waals surface area contributed by atoms with Crippen molar-refractivity contribution in [3.8, 4) is 0 Å². The van der Waals surface area contributed by atoms with Crippen LogP contribution in [-0.2, 0) is 0 Å². The van der Waals surface area contributed by atoms with Gasteiger partial charge in [0.15, 0.2) is 8.48 Å². The standard InChI is InChI=1S/C21H32NSi2/c1-7-24(8-2,9-3)23(22-20-13-11-10-12-14-20)21-18(5)15-17(4)16-19(21)6/h10-16,22H,7-9H2,1-6H3. The summed E-state index contributed by atoms with van der Waals surface area (Å²) in [5.74, 6) is 0. The molecule has 0 saturated carbocycles. The van der Waals surface area contributed by atoms with Gasteiger partial charge in [-0.15, -0.1) is 0 Å². The van der Waals surface area contributed by atoms with E-state index in [2.05, 4.69) is 89.0 Å². The third-order valence-electron chi connectivity index (χ3n) is 5.53. The molecule has 0 atom stereocenters. The molecule has 0 saturated heterocycles. The first-order valence-electron chi connectivity index (χ1n) is 9.25. The molecule has 0 fully saturated rings. The average molecular weight is 355 g/mol. The van der Waals surface area contributed by atoms with Gasteiger partial charge in [-0.1, -0.05) is 74.8 Å². The van der Waals surface area contributed by atoms with Crippen molar-refractivity contribution in [2.75, 3.05) is 4.98 Å². The van der Waals surface area contributed by atoms with E-state index in [9.17, 15) is 0 Å². The van der Waals surface area contributed by atoms with Crippen LogP contribution >= 0.6 is 0 Å². The molecule has 1 radical (unpaired) electrons. The molecule has 2 rings (SSSR count). The lowest BCUT2D eigenvalue weighted by molar-refractivity contribution is 1.21. The first kappa shape index (κ1) is 19.0. The Balaban J connectivity index is 2.59. The monoisotopic (exact) mass is 354 g/mol. The van der Waals surface area contributed by atoms with Crippen molar-refractivity contribution in [2.24, 2.45) is 0 Å². The first-order valence-corrected chi connectivity index (χ1v) is 14.4. The topological polar surface area (TPSA) is 12.0 Å². The molecule has 3 heteroatoms. The van der Waals surface area contributed by atoms with Gasteiger partial charge in [0.2, 0.25) is 0 Å². The maximum atomic E-state index is 4.05. The summed E-state index contributed by atoms with van der Waals surface area (Å²) in [5, 5.41) is 1.65. The Kier molecular flexibility index (Phi) is 6.47. The summed E-state index contributed by atoms with van der Waals surface area (Å²) >= 11 is 0. The Bertz CT molecular complexity index is 632. The molecule has 1 N–H and O–H groups in total. The van der Waals surface area contributed by atoms with E-state index in [1.165, 1.54) is 40.5 Å². The quantitative estimate of drug-likeness (QED) is 0.646. The molecule has 0 unspecified atom stereocenters. The van der Waals surface area contributed by atoms with Crippen molar-refractivity contribution in [3.63, 3.8) is 0 Å². The Morgan fingerprint density at radius 3 is 1.79 bits per heavy atom. The minimum absolute atomic E-state index is 0.813. The van der Waals surface area contributed by atoms with Crippen LogP contribution < -0.4 is 10.2 Å². The van der Waals surface area contributed by atoms with E-state index >= 15 is 0 Å². The normalized spacial score (nSPS) is 11.8. The van der Waals surface area contributed by atoms with E-state index in [0.717, 1.165) is 0 Å². The Labute approximate surface area is 151 Å². The zero-order valence-electron chi connectivity index (χ0n) is 16.2. The van der Waals surface area contributed by atoms with Crippen molar-refractivity contribution in [2.45, 2.75) is 59.7 Å². The summed E-state index contributed by atoms with van der Waals surface area (Å²) in [4.78, 5) is 4.05. The molecule has 2 aromatic carbocycles. The van der Waals surface area contributed by atoms with Gasteiger partial charge < -0.3 is 4.98 Å². The second-order valence-electron chi connectivity index (χ2n) is 6.98. The maximum Gasteiger partial charge on any atom is 0.188 e. The van der Waals surface area contributed by atoms with Crippen LogP contribution in [0.5, 0.6) is 0 Å². The van der Waals surface area contributed by atoms with E-state index < -0.39 is 16.1 Å². The molecule has 0 spiro atoms. The molecular formula is C21H32NSi2. The van der Waals surface area contributed by atoms with Crippen LogP contribution in [-0.4, -0.2) is 16.1 Å². The predicted octanol–water partition coefficient (Wildman–Crippen LogP) is 5.51. The molecule has 2 aromatic rings. The Morgan fingerprint density at radius 2 is 1.33 bits per heavy atom. The molecular weight excluding hydrogens is 322 g/mol. The van der Waals surface area contributed by atoms with E-state index in [0.29, 0.717) is 0 Å². The fourth-order valence-corrected chi connectivity index (χ4v) is 16.0. The highest BCUT2D eigenvalue weighted by Gasteiger charge is 2.41. The largest absolute Gasteiger partial charge is 0.409 e. The van der Waals surface area contributed by atoms with Crippen LogP contribution in [0.3, 0.4) is 0 Å². The Morgan fingerprint density at radius 1 is 0.833 bits per heavy atom. The molecule has 0 amide bonds. The van der Waals surface area contributed by atoms with Gasteiger partial charge in [-0.25, -0.2) is 0 Å². The third-order valence-corrected chi connectivity index (χ3v) is 20.0. The number of hydrogen-bond donors (Lipinski definition) is 1. The van der Waals surface area contributed by atoms with E-state index in [-0.39, 0.29) is 0 Å². The lowest BCUT2D eigenvalue weighted by Gasteiger charge is -2.38. The first-order chi connectivity index (χ1) is 11.5. The number of benzene rings is 2. The van der Waals surface area contributed by atoms with E-state index in [4.69, 9.17) is 0 Å². The number of nitrogens with one attached hydrogen (secondary N) is 1. The zero-order chi connectivity index (χ0) is 17.7. The number of anilines is 1. The van der Waals surface area contributed by atoms with Crippen LogP contribution in [0, 0.1) is 20.8 Å². The van der Waals surface area contributed by atoms with Gasteiger partial charge in [-0.05, 0) is 49.2 Å². The molecule has 0 aliphatic rings. The smallest absolute Gasteiger partial charge is 0.188 e. The van der Waals surface area contributed by atoms with Crippen molar-refractivity contribution >= 4 is 26.9 Å². The van der Waals surface area contributed by atoms with Crippen molar-refractivity contribution in [1.82, 2.24) is 0 Å². The zero-order valence-corrected chi connectivity index (χ0v) is 18.2. The van der Waals surface area contributed by atoms with Gasteiger partial charge in [0.25, 0.3) is 0 Å². The fourth-order valence-electron chi connectivity index (χ4n) is 3.98. The van der Waals surface area contributed by atoms with Gasteiger partial charge in [0.1, 0.15) is 0 Å². The molecule has 24 heavy (non-hydrogen) atoms. The summed E-state index contributed by atoms with van der Waals surface area (Å²) in [6, 6.07) is 19.7. The summed E-state index contributed by atoms with van der Waals surface area (Å²) in [5.41, 5.74) is 5.64. The summed E-state index contributed by atoms with van der Waals surface area (Å²) in [6.45, 7) is 14.1. The summed E-state index contributed by atoms with van der Waals surface area (Å²) in [6.07, 6.45) is 0.